The number of carbonyl (C=O) groups is 1. The Bertz CT molecular complexity index is 764. The van der Waals surface area contributed by atoms with Crippen LogP contribution < -0.4 is 4.87 Å². The maximum Gasteiger partial charge on any atom is 0.305 e. The predicted octanol–water partition coefficient (Wildman–Crippen LogP) is 1.39. The summed E-state index contributed by atoms with van der Waals surface area (Å²) in [5.41, 5.74) is 0.568. The summed E-state index contributed by atoms with van der Waals surface area (Å²) in [6, 6.07) is 2.72. The van der Waals surface area contributed by atoms with Gasteiger partial charge in [-0.1, -0.05) is 11.3 Å². The van der Waals surface area contributed by atoms with E-state index in [4.69, 9.17) is 5.11 Å². The Morgan fingerprint density at radius 3 is 2.90 bits per heavy atom. The first-order valence-electron chi connectivity index (χ1n) is 5.33. The number of hydrogen-bond acceptors (Lipinski definition) is 7. The number of aromatic nitrogens is 1. The van der Waals surface area contributed by atoms with Crippen LogP contribution in [-0.4, -0.2) is 31.4 Å². The van der Waals surface area contributed by atoms with E-state index in [1.807, 2.05) is 0 Å². The van der Waals surface area contributed by atoms with Gasteiger partial charge in [-0.2, -0.15) is 10.2 Å². The van der Waals surface area contributed by atoms with Gasteiger partial charge in [-0.3, -0.25) is 13.8 Å². The molecule has 1 heterocycles. The van der Waals surface area contributed by atoms with Gasteiger partial charge in [0.1, 0.15) is 5.69 Å². The quantitative estimate of drug-likeness (QED) is 0.635. The number of nitrogens with zero attached hydrogens (tertiary/aromatic N) is 2. The van der Waals surface area contributed by atoms with Crippen LogP contribution in [0.5, 0.6) is 0 Å². The molecule has 0 amide bonds. The van der Waals surface area contributed by atoms with Gasteiger partial charge >= 0.3 is 10.8 Å². The van der Waals surface area contributed by atoms with E-state index in [1.165, 1.54) is 12.1 Å². The van der Waals surface area contributed by atoms with Crippen molar-refractivity contribution in [2.45, 2.75) is 11.3 Å². The van der Waals surface area contributed by atoms with Crippen molar-refractivity contribution in [3.05, 3.63) is 21.8 Å². The third kappa shape index (κ3) is 3.15. The van der Waals surface area contributed by atoms with Gasteiger partial charge in [-0.05, 0) is 23.2 Å². The second kappa shape index (κ2) is 6.03. The SMILES string of the molecule is O=C(O)CCN=Nc1ccc(S(=O)[O-])c2sc(=O)[nH]c12. The molecule has 2 aromatic rings. The Morgan fingerprint density at radius 2 is 2.25 bits per heavy atom. The topological polar surface area (TPSA) is 135 Å². The zero-order valence-corrected chi connectivity index (χ0v) is 11.5. The highest BCUT2D eigenvalue weighted by atomic mass is 32.2. The number of nitrogens with one attached hydrogen (secondary N) is 1. The molecule has 0 radical (unpaired) electrons. The molecule has 2 N–H and O–H groups in total. The van der Waals surface area contributed by atoms with Gasteiger partial charge in [0, 0.05) is 4.90 Å². The first-order valence-corrected chi connectivity index (χ1v) is 7.22. The van der Waals surface area contributed by atoms with Crippen molar-refractivity contribution in [2.24, 2.45) is 10.2 Å². The van der Waals surface area contributed by atoms with Gasteiger partial charge in [0.15, 0.2) is 0 Å². The summed E-state index contributed by atoms with van der Waals surface area (Å²) in [5, 5.41) is 16.0. The van der Waals surface area contributed by atoms with Crippen LogP contribution in [0, 0.1) is 0 Å². The van der Waals surface area contributed by atoms with Crippen molar-refractivity contribution in [1.82, 2.24) is 4.98 Å². The number of carboxylic acids is 1. The summed E-state index contributed by atoms with van der Waals surface area (Å²) >= 11 is -1.70. The Labute approximate surface area is 118 Å². The zero-order chi connectivity index (χ0) is 14.7. The maximum atomic E-state index is 11.3. The van der Waals surface area contributed by atoms with Gasteiger partial charge in [0.2, 0.25) is 0 Å². The van der Waals surface area contributed by atoms with E-state index in [-0.39, 0.29) is 33.8 Å². The van der Waals surface area contributed by atoms with Crippen LogP contribution in [0.4, 0.5) is 5.69 Å². The number of hydrogen-bond donors (Lipinski definition) is 2. The Hall–Kier alpha value is -1.91. The van der Waals surface area contributed by atoms with Crippen LogP contribution in [0.25, 0.3) is 10.2 Å². The zero-order valence-electron chi connectivity index (χ0n) is 9.86. The number of H-pyrrole nitrogens is 1. The molecule has 106 valence electrons. The summed E-state index contributed by atoms with van der Waals surface area (Å²) in [5.74, 6) is -0.991. The molecule has 0 aliphatic rings. The molecule has 0 aliphatic carbocycles. The van der Waals surface area contributed by atoms with Gasteiger partial charge in [-0.25, -0.2) is 0 Å². The van der Waals surface area contributed by atoms with E-state index >= 15 is 0 Å². The van der Waals surface area contributed by atoms with Gasteiger partial charge in [0.05, 0.1) is 23.2 Å². The molecule has 0 spiro atoms. The summed E-state index contributed by atoms with van der Waals surface area (Å²) < 4.78 is 22.4. The lowest BCUT2D eigenvalue weighted by Crippen LogP contribution is -1.95. The largest absolute Gasteiger partial charge is 0.768 e. The number of azo groups is 1. The van der Waals surface area contributed by atoms with Crippen LogP contribution >= 0.6 is 11.3 Å². The fourth-order valence-corrected chi connectivity index (χ4v) is 3.01. The van der Waals surface area contributed by atoms with E-state index < -0.39 is 21.9 Å². The maximum absolute atomic E-state index is 11.3. The molecule has 0 fully saturated rings. The van der Waals surface area contributed by atoms with Crippen LogP contribution in [0.3, 0.4) is 0 Å². The molecule has 1 atom stereocenters. The molecule has 20 heavy (non-hydrogen) atoms. The molecule has 1 aromatic heterocycles. The van der Waals surface area contributed by atoms with E-state index in [0.29, 0.717) is 0 Å². The van der Waals surface area contributed by atoms with Crippen molar-refractivity contribution in [3.8, 4) is 0 Å². The summed E-state index contributed by atoms with van der Waals surface area (Å²) in [7, 11) is 0. The van der Waals surface area contributed by atoms with E-state index in [2.05, 4.69) is 15.2 Å². The van der Waals surface area contributed by atoms with Crippen molar-refractivity contribution in [3.63, 3.8) is 0 Å². The minimum atomic E-state index is -2.46. The van der Waals surface area contributed by atoms with Crippen molar-refractivity contribution in [2.75, 3.05) is 6.54 Å². The van der Waals surface area contributed by atoms with E-state index in [0.717, 1.165) is 11.3 Å². The molecule has 10 heteroatoms. The first-order chi connectivity index (χ1) is 9.49. The number of carboxylic acid groups (broad SMARTS) is 1. The lowest BCUT2D eigenvalue weighted by molar-refractivity contribution is -0.136. The molecule has 0 aliphatic heterocycles. The highest BCUT2D eigenvalue weighted by molar-refractivity contribution is 7.79. The van der Waals surface area contributed by atoms with Crippen molar-refractivity contribution in [1.29, 1.82) is 0 Å². The molecule has 2 rings (SSSR count). The predicted molar refractivity (Wildman–Crippen MR) is 71.3 cm³/mol. The number of aliphatic carboxylic acids is 1. The fourth-order valence-electron chi connectivity index (χ4n) is 1.48. The average molecular weight is 314 g/mol. The van der Waals surface area contributed by atoms with Crippen LogP contribution in [0.15, 0.2) is 32.1 Å². The van der Waals surface area contributed by atoms with Gasteiger partial charge in [-0.15, -0.1) is 0 Å². The fraction of sp³-hybridized carbons (Fsp3) is 0.200. The minimum Gasteiger partial charge on any atom is -0.768 e. The third-order valence-electron chi connectivity index (χ3n) is 2.31. The summed E-state index contributed by atoms with van der Waals surface area (Å²) in [4.78, 5) is 23.8. The minimum absolute atomic E-state index is 0.000430. The van der Waals surface area contributed by atoms with E-state index in [9.17, 15) is 18.4 Å². The van der Waals surface area contributed by atoms with Crippen LogP contribution in [0.1, 0.15) is 6.42 Å². The van der Waals surface area contributed by atoms with E-state index in [1.54, 1.807) is 0 Å². The molecular formula is C10H8N3O5S2-. The summed E-state index contributed by atoms with van der Waals surface area (Å²) in [6.45, 7) is 0.000430. The number of fused-ring (bicyclic) bond motifs is 1. The Morgan fingerprint density at radius 1 is 1.50 bits per heavy atom. The second-order valence-electron chi connectivity index (χ2n) is 3.64. The second-order valence-corrected chi connectivity index (χ2v) is 5.54. The third-order valence-corrected chi connectivity index (χ3v) is 4.05. The molecule has 8 nitrogen and oxygen atoms in total. The normalized spacial score (nSPS) is 13.1. The highest BCUT2D eigenvalue weighted by Crippen LogP contribution is 2.30. The first kappa shape index (κ1) is 14.5. The molecule has 0 bridgehead atoms. The van der Waals surface area contributed by atoms with Crippen molar-refractivity contribution < 1.29 is 18.7 Å². The standard InChI is InChI=1S/C10H9N3O5S2/c14-7(15)3-4-11-13-5-1-2-6(20(17)18)9-8(5)12-10(16)19-9/h1-2H,3-4H2,(H,12,16)(H,14,15)(H,17,18)/p-1. The number of aromatic amines is 1. The van der Waals surface area contributed by atoms with Crippen molar-refractivity contribution >= 4 is 44.3 Å². The molecule has 1 unspecified atom stereocenters. The summed E-state index contributed by atoms with van der Waals surface area (Å²) in [6.07, 6.45) is -0.157. The van der Waals surface area contributed by atoms with Gasteiger partial charge in [0.25, 0.3) is 0 Å². The Kier molecular flexibility index (Phi) is 4.37. The monoisotopic (exact) mass is 314 g/mol. The molecule has 0 saturated heterocycles. The number of thiazole rings is 1. The number of rotatable bonds is 5. The van der Waals surface area contributed by atoms with Crippen LogP contribution in [0.2, 0.25) is 0 Å². The smallest absolute Gasteiger partial charge is 0.305 e. The average Bonchev–Trinajstić information content (AvgIpc) is 2.75. The Balaban J connectivity index is 2.40. The highest BCUT2D eigenvalue weighted by Gasteiger charge is 2.10. The van der Waals surface area contributed by atoms with Gasteiger partial charge < -0.3 is 14.6 Å². The molecule has 0 saturated carbocycles. The lowest BCUT2D eigenvalue weighted by atomic mass is 10.3. The molecule has 1 aromatic carbocycles. The number of benzene rings is 1. The lowest BCUT2D eigenvalue weighted by Gasteiger charge is -2.06. The molecular weight excluding hydrogens is 306 g/mol. The van der Waals surface area contributed by atoms with Crippen LogP contribution in [-0.2, 0) is 15.9 Å².